The highest BCUT2D eigenvalue weighted by Gasteiger charge is 2.00. The summed E-state index contributed by atoms with van der Waals surface area (Å²) in [5.41, 5.74) is 4.69. The van der Waals surface area contributed by atoms with Crippen LogP contribution in [0.3, 0.4) is 0 Å². The van der Waals surface area contributed by atoms with Gasteiger partial charge >= 0.3 is 0 Å². The van der Waals surface area contributed by atoms with Gasteiger partial charge in [-0.05, 0) is 23.3 Å². The lowest BCUT2D eigenvalue weighted by atomic mass is 10.2. The number of benzene rings is 2. The van der Waals surface area contributed by atoms with Crippen LogP contribution in [-0.4, -0.2) is 17.9 Å². The second-order valence-corrected chi connectivity index (χ2v) is 6.22. The minimum atomic E-state index is -0.0932. The molecular weight excluding hydrogens is 348 g/mol. The van der Waals surface area contributed by atoms with Crippen LogP contribution in [0.5, 0.6) is 0 Å². The molecule has 0 saturated heterocycles. The third kappa shape index (κ3) is 6.14. The molecule has 5 heteroatoms. The van der Waals surface area contributed by atoms with E-state index in [0.717, 1.165) is 15.8 Å². The number of carbonyl (C=O) groups is 1. The molecule has 2 aromatic carbocycles. The Bertz CT molecular complexity index is 599. The van der Waals surface area contributed by atoms with E-state index in [2.05, 4.69) is 26.5 Å². The van der Waals surface area contributed by atoms with Gasteiger partial charge in [-0.25, -0.2) is 5.43 Å². The maximum atomic E-state index is 11.6. The molecule has 0 unspecified atom stereocenters. The molecule has 1 N–H and O–H groups in total. The lowest BCUT2D eigenvalue weighted by molar-refractivity contribution is -0.118. The first-order valence-corrected chi connectivity index (χ1v) is 8.38. The number of rotatable bonds is 6. The van der Waals surface area contributed by atoms with Crippen LogP contribution >= 0.6 is 27.7 Å². The summed E-state index contributed by atoms with van der Waals surface area (Å²) in [6, 6.07) is 17.7. The zero-order valence-corrected chi connectivity index (χ0v) is 13.7. The number of hydrogen-bond donors (Lipinski definition) is 1. The first-order valence-electron chi connectivity index (χ1n) is 6.43. The molecule has 0 spiro atoms. The van der Waals surface area contributed by atoms with Crippen molar-refractivity contribution >= 4 is 39.8 Å². The largest absolute Gasteiger partial charge is 0.272 e. The predicted molar refractivity (Wildman–Crippen MR) is 92.5 cm³/mol. The molecule has 2 rings (SSSR count). The molecule has 0 aliphatic heterocycles. The zero-order chi connectivity index (χ0) is 14.9. The van der Waals surface area contributed by atoms with Crippen LogP contribution in [0.1, 0.15) is 11.1 Å². The molecule has 108 valence electrons. The van der Waals surface area contributed by atoms with E-state index in [1.165, 1.54) is 5.56 Å². The maximum absolute atomic E-state index is 11.6. The monoisotopic (exact) mass is 362 g/mol. The van der Waals surface area contributed by atoms with Gasteiger partial charge in [-0.2, -0.15) is 5.10 Å². The summed E-state index contributed by atoms with van der Waals surface area (Å²) in [7, 11) is 0. The van der Waals surface area contributed by atoms with Crippen LogP contribution in [0.4, 0.5) is 0 Å². The van der Waals surface area contributed by atoms with E-state index in [1.807, 2.05) is 54.6 Å². The first-order chi connectivity index (χ1) is 10.2. The quantitative estimate of drug-likeness (QED) is 0.626. The Hall–Kier alpha value is -1.59. The number of thioether (sulfide) groups is 1. The molecule has 0 aliphatic carbocycles. The highest BCUT2D eigenvalue weighted by Crippen LogP contribution is 2.15. The Balaban J connectivity index is 1.68. The minimum absolute atomic E-state index is 0.0932. The van der Waals surface area contributed by atoms with Gasteiger partial charge in [-0.1, -0.05) is 58.4 Å². The number of amides is 1. The lowest BCUT2D eigenvalue weighted by Gasteiger charge is -2.01. The van der Waals surface area contributed by atoms with E-state index in [1.54, 1.807) is 18.0 Å². The summed E-state index contributed by atoms with van der Waals surface area (Å²) in [5, 5.41) is 3.93. The van der Waals surface area contributed by atoms with Gasteiger partial charge in [0.25, 0.3) is 0 Å². The molecule has 2 aromatic rings. The Morgan fingerprint density at radius 3 is 2.57 bits per heavy atom. The van der Waals surface area contributed by atoms with Gasteiger partial charge in [0.2, 0.25) is 5.91 Å². The van der Waals surface area contributed by atoms with Crippen molar-refractivity contribution in [2.45, 2.75) is 5.75 Å². The molecule has 0 radical (unpaired) electrons. The van der Waals surface area contributed by atoms with Crippen molar-refractivity contribution in [3.63, 3.8) is 0 Å². The highest BCUT2D eigenvalue weighted by molar-refractivity contribution is 9.10. The first kappa shape index (κ1) is 15.8. The number of nitrogens with zero attached hydrogens (tertiary/aromatic N) is 1. The van der Waals surface area contributed by atoms with Crippen molar-refractivity contribution in [1.29, 1.82) is 0 Å². The Morgan fingerprint density at radius 2 is 1.86 bits per heavy atom. The fourth-order valence-corrected chi connectivity index (χ4v) is 2.64. The average Bonchev–Trinajstić information content (AvgIpc) is 2.50. The van der Waals surface area contributed by atoms with E-state index in [9.17, 15) is 4.79 Å². The summed E-state index contributed by atoms with van der Waals surface area (Å²) in [4.78, 5) is 11.6. The molecule has 0 saturated carbocycles. The number of carbonyl (C=O) groups excluding carboxylic acids is 1. The molecule has 0 aliphatic rings. The van der Waals surface area contributed by atoms with Crippen LogP contribution in [0, 0.1) is 0 Å². The number of hydrogen-bond acceptors (Lipinski definition) is 3. The van der Waals surface area contributed by atoms with E-state index in [-0.39, 0.29) is 5.91 Å². The molecule has 21 heavy (non-hydrogen) atoms. The van der Waals surface area contributed by atoms with Crippen LogP contribution < -0.4 is 5.43 Å². The molecular formula is C16H15BrN2OS. The summed E-state index contributed by atoms with van der Waals surface area (Å²) < 4.78 is 1.06. The summed E-state index contributed by atoms with van der Waals surface area (Å²) in [6.07, 6.45) is 1.64. The molecule has 0 fully saturated rings. The average molecular weight is 363 g/mol. The zero-order valence-electron chi connectivity index (χ0n) is 11.3. The molecule has 3 nitrogen and oxygen atoms in total. The van der Waals surface area contributed by atoms with E-state index in [0.29, 0.717) is 5.75 Å². The van der Waals surface area contributed by atoms with Crippen molar-refractivity contribution in [3.8, 4) is 0 Å². The molecule has 0 bridgehead atoms. The fraction of sp³-hybridized carbons (Fsp3) is 0.125. The molecule has 0 aromatic heterocycles. The summed E-state index contributed by atoms with van der Waals surface area (Å²) in [6.45, 7) is 0. The fourth-order valence-electron chi connectivity index (χ4n) is 1.59. The summed E-state index contributed by atoms with van der Waals surface area (Å²) >= 11 is 4.96. The van der Waals surface area contributed by atoms with Crippen molar-refractivity contribution in [1.82, 2.24) is 5.43 Å². The normalized spacial score (nSPS) is 10.7. The van der Waals surface area contributed by atoms with E-state index in [4.69, 9.17) is 0 Å². The minimum Gasteiger partial charge on any atom is -0.272 e. The van der Waals surface area contributed by atoms with Crippen molar-refractivity contribution < 1.29 is 4.79 Å². The third-order valence-electron chi connectivity index (χ3n) is 2.62. The molecule has 0 heterocycles. The number of halogens is 1. The van der Waals surface area contributed by atoms with Crippen molar-refractivity contribution in [2.24, 2.45) is 5.10 Å². The second-order valence-electron chi connectivity index (χ2n) is 4.32. The maximum Gasteiger partial charge on any atom is 0.250 e. The SMILES string of the molecule is O=C(CSCc1ccc(Br)cc1)N/N=C/c1ccccc1. The predicted octanol–water partition coefficient (Wildman–Crippen LogP) is 3.83. The Morgan fingerprint density at radius 1 is 1.14 bits per heavy atom. The van der Waals surface area contributed by atoms with Gasteiger partial charge in [-0.3, -0.25) is 4.79 Å². The van der Waals surface area contributed by atoms with Crippen LogP contribution in [-0.2, 0) is 10.5 Å². The van der Waals surface area contributed by atoms with Crippen molar-refractivity contribution in [2.75, 3.05) is 5.75 Å². The molecule has 0 atom stereocenters. The Kier molecular flexibility index (Phi) is 6.50. The topological polar surface area (TPSA) is 41.5 Å². The number of hydrazone groups is 1. The summed E-state index contributed by atoms with van der Waals surface area (Å²) in [5.74, 6) is 1.11. The van der Waals surface area contributed by atoms with E-state index < -0.39 is 0 Å². The van der Waals surface area contributed by atoms with Gasteiger partial charge in [-0.15, -0.1) is 11.8 Å². The second kappa shape index (κ2) is 8.64. The smallest absolute Gasteiger partial charge is 0.250 e. The Labute approximate surface area is 137 Å². The van der Waals surface area contributed by atoms with Crippen LogP contribution in [0.25, 0.3) is 0 Å². The number of nitrogens with one attached hydrogen (secondary N) is 1. The van der Waals surface area contributed by atoms with Crippen LogP contribution in [0.15, 0.2) is 64.2 Å². The van der Waals surface area contributed by atoms with Gasteiger partial charge in [0, 0.05) is 10.2 Å². The van der Waals surface area contributed by atoms with Gasteiger partial charge in [0.15, 0.2) is 0 Å². The highest BCUT2D eigenvalue weighted by atomic mass is 79.9. The molecule has 1 amide bonds. The standard InChI is InChI=1S/C16H15BrN2OS/c17-15-8-6-14(7-9-15)11-21-12-16(20)19-18-10-13-4-2-1-3-5-13/h1-10H,11-12H2,(H,19,20)/b18-10+. The van der Waals surface area contributed by atoms with Gasteiger partial charge in [0.05, 0.1) is 12.0 Å². The van der Waals surface area contributed by atoms with Gasteiger partial charge in [0.1, 0.15) is 0 Å². The van der Waals surface area contributed by atoms with Gasteiger partial charge < -0.3 is 0 Å². The third-order valence-corrected chi connectivity index (χ3v) is 4.15. The van der Waals surface area contributed by atoms with Crippen molar-refractivity contribution in [3.05, 3.63) is 70.2 Å². The van der Waals surface area contributed by atoms with Crippen LogP contribution in [0.2, 0.25) is 0 Å². The lowest BCUT2D eigenvalue weighted by Crippen LogP contribution is -2.19. The van der Waals surface area contributed by atoms with E-state index >= 15 is 0 Å².